The highest BCUT2D eigenvalue weighted by Crippen LogP contribution is 2.20. The van der Waals surface area contributed by atoms with Gasteiger partial charge in [0.05, 0.1) is 12.2 Å². The van der Waals surface area contributed by atoms with E-state index in [1.165, 1.54) is 32.1 Å². The van der Waals surface area contributed by atoms with Crippen LogP contribution in [0.2, 0.25) is 0 Å². The molecule has 0 spiro atoms. The molecule has 1 aromatic carbocycles. The van der Waals surface area contributed by atoms with Gasteiger partial charge < -0.3 is 15.4 Å². The second-order valence-electron chi connectivity index (χ2n) is 5.68. The lowest BCUT2D eigenvalue weighted by Gasteiger charge is -2.24. The molecule has 2 rings (SSSR count). The minimum Gasteiger partial charge on any atom is -0.462 e. The van der Waals surface area contributed by atoms with Crippen LogP contribution in [-0.4, -0.2) is 23.7 Å². The van der Waals surface area contributed by atoms with Gasteiger partial charge in [0.25, 0.3) is 0 Å². The Labute approximate surface area is 137 Å². The van der Waals surface area contributed by atoms with E-state index >= 15 is 0 Å². The van der Waals surface area contributed by atoms with Gasteiger partial charge in [-0.05, 0) is 56.6 Å². The number of ether oxygens (including phenoxy) is 1. The van der Waals surface area contributed by atoms with Crippen molar-refractivity contribution in [3.8, 4) is 0 Å². The largest absolute Gasteiger partial charge is 0.462 e. The van der Waals surface area contributed by atoms with E-state index in [9.17, 15) is 4.79 Å². The molecule has 1 saturated carbocycles. The second-order valence-corrected chi connectivity index (χ2v) is 6.09. The van der Waals surface area contributed by atoms with Crippen LogP contribution in [0.5, 0.6) is 0 Å². The topological polar surface area (TPSA) is 50.4 Å². The number of esters is 1. The number of aryl methyl sites for hydroxylation is 1. The summed E-state index contributed by atoms with van der Waals surface area (Å²) in [4.78, 5) is 11.8. The zero-order valence-corrected chi connectivity index (χ0v) is 14.1. The monoisotopic (exact) mass is 320 g/mol. The fourth-order valence-electron chi connectivity index (χ4n) is 2.69. The molecule has 0 aliphatic heterocycles. The van der Waals surface area contributed by atoms with Crippen molar-refractivity contribution in [3.63, 3.8) is 0 Å². The van der Waals surface area contributed by atoms with Crippen LogP contribution in [-0.2, 0) is 4.74 Å². The van der Waals surface area contributed by atoms with Gasteiger partial charge in [-0.1, -0.05) is 25.3 Å². The first-order chi connectivity index (χ1) is 10.6. The van der Waals surface area contributed by atoms with E-state index in [0.717, 1.165) is 11.3 Å². The van der Waals surface area contributed by atoms with Gasteiger partial charge in [0.2, 0.25) is 0 Å². The molecule has 0 unspecified atom stereocenters. The third kappa shape index (κ3) is 4.70. The quantitative estimate of drug-likeness (QED) is 0.653. The van der Waals surface area contributed by atoms with Gasteiger partial charge in [-0.25, -0.2) is 4.79 Å². The maximum atomic E-state index is 11.8. The van der Waals surface area contributed by atoms with Crippen LogP contribution in [0.1, 0.15) is 54.9 Å². The summed E-state index contributed by atoms with van der Waals surface area (Å²) in [6.45, 7) is 4.16. The zero-order valence-electron chi connectivity index (χ0n) is 13.3. The molecule has 0 bridgehead atoms. The number of anilines is 1. The van der Waals surface area contributed by atoms with E-state index in [4.69, 9.17) is 17.0 Å². The first kappa shape index (κ1) is 16.7. The molecule has 1 aromatic rings. The predicted molar refractivity (Wildman–Crippen MR) is 93.4 cm³/mol. The Bertz CT molecular complexity index is 539. The molecule has 1 aliphatic carbocycles. The number of thiocarbonyl (C=S) groups is 1. The molecule has 0 saturated heterocycles. The molecule has 1 fully saturated rings. The molecule has 5 heteroatoms. The Morgan fingerprint density at radius 1 is 1.32 bits per heavy atom. The highest BCUT2D eigenvalue weighted by atomic mass is 32.1. The number of carbonyl (C=O) groups is 1. The van der Waals surface area contributed by atoms with Crippen molar-refractivity contribution in [3.05, 3.63) is 29.3 Å². The third-order valence-electron chi connectivity index (χ3n) is 3.94. The number of carbonyl (C=O) groups excluding carboxylic acids is 1. The van der Waals surface area contributed by atoms with Gasteiger partial charge in [0.15, 0.2) is 5.11 Å². The van der Waals surface area contributed by atoms with Crippen molar-refractivity contribution in [2.45, 2.75) is 52.0 Å². The van der Waals surface area contributed by atoms with Gasteiger partial charge >= 0.3 is 5.97 Å². The van der Waals surface area contributed by atoms with E-state index in [1.54, 1.807) is 19.1 Å². The van der Waals surface area contributed by atoms with Crippen LogP contribution in [0.3, 0.4) is 0 Å². The van der Waals surface area contributed by atoms with Crippen LogP contribution in [0, 0.1) is 6.92 Å². The summed E-state index contributed by atoms with van der Waals surface area (Å²) in [6.07, 6.45) is 6.18. The van der Waals surface area contributed by atoms with Crippen molar-refractivity contribution >= 4 is 29.0 Å². The van der Waals surface area contributed by atoms with Gasteiger partial charge in [0.1, 0.15) is 0 Å². The van der Waals surface area contributed by atoms with Gasteiger partial charge in [-0.2, -0.15) is 0 Å². The van der Waals surface area contributed by atoms with E-state index in [1.807, 2.05) is 13.0 Å². The summed E-state index contributed by atoms with van der Waals surface area (Å²) in [5.74, 6) is -0.309. The first-order valence-corrected chi connectivity index (χ1v) is 8.36. The standard InChI is InChI=1S/C17H24N2O2S/c1-3-21-16(20)13-10-9-12(2)15(11-13)19-17(22)18-14-7-5-4-6-8-14/h9-11,14H,3-8H2,1-2H3,(H2,18,19,22). The van der Waals surface area contributed by atoms with Crippen molar-refractivity contribution in [1.29, 1.82) is 0 Å². The normalized spacial score (nSPS) is 15.2. The molecule has 120 valence electrons. The fraction of sp³-hybridized carbons (Fsp3) is 0.529. The second kappa shape index (κ2) is 8.13. The lowest BCUT2D eigenvalue weighted by Crippen LogP contribution is -2.39. The zero-order chi connectivity index (χ0) is 15.9. The van der Waals surface area contributed by atoms with Crippen molar-refractivity contribution in [2.75, 3.05) is 11.9 Å². The molecule has 0 heterocycles. The molecular weight excluding hydrogens is 296 g/mol. The molecule has 2 N–H and O–H groups in total. The average Bonchev–Trinajstić information content (AvgIpc) is 2.50. The SMILES string of the molecule is CCOC(=O)c1ccc(C)c(NC(=S)NC2CCCCC2)c1. The smallest absolute Gasteiger partial charge is 0.338 e. The number of hydrogen-bond donors (Lipinski definition) is 2. The van der Waals surface area contributed by atoms with Crippen LogP contribution >= 0.6 is 12.2 Å². The fourth-order valence-corrected chi connectivity index (χ4v) is 2.97. The molecule has 1 aliphatic rings. The predicted octanol–water partition coefficient (Wildman–Crippen LogP) is 3.79. The van der Waals surface area contributed by atoms with Crippen molar-refractivity contribution < 1.29 is 9.53 Å². The van der Waals surface area contributed by atoms with E-state index < -0.39 is 0 Å². The molecule has 0 amide bonds. The summed E-state index contributed by atoms with van der Waals surface area (Å²) in [6, 6.07) is 5.93. The van der Waals surface area contributed by atoms with Crippen LogP contribution in [0.4, 0.5) is 5.69 Å². The van der Waals surface area contributed by atoms with Crippen LogP contribution < -0.4 is 10.6 Å². The van der Waals surface area contributed by atoms with E-state index in [0.29, 0.717) is 23.3 Å². The number of nitrogens with one attached hydrogen (secondary N) is 2. The van der Waals surface area contributed by atoms with Gasteiger partial charge in [-0.3, -0.25) is 0 Å². The number of hydrogen-bond acceptors (Lipinski definition) is 3. The Morgan fingerprint density at radius 2 is 2.05 bits per heavy atom. The van der Waals surface area contributed by atoms with Crippen molar-refractivity contribution in [1.82, 2.24) is 5.32 Å². The van der Waals surface area contributed by atoms with E-state index in [-0.39, 0.29) is 5.97 Å². The summed E-state index contributed by atoms with van der Waals surface area (Å²) >= 11 is 5.40. The number of benzene rings is 1. The van der Waals surface area contributed by atoms with E-state index in [2.05, 4.69) is 10.6 Å². The maximum Gasteiger partial charge on any atom is 0.338 e. The van der Waals surface area contributed by atoms with Crippen LogP contribution in [0.15, 0.2) is 18.2 Å². The highest BCUT2D eigenvalue weighted by Gasteiger charge is 2.15. The maximum absolute atomic E-state index is 11.8. The third-order valence-corrected chi connectivity index (χ3v) is 4.16. The average molecular weight is 320 g/mol. The molecule has 22 heavy (non-hydrogen) atoms. The lowest BCUT2D eigenvalue weighted by atomic mass is 9.96. The minimum absolute atomic E-state index is 0.309. The van der Waals surface area contributed by atoms with Gasteiger partial charge in [0, 0.05) is 11.7 Å². The molecule has 4 nitrogen and oxygen atoms in total. The Balaban J connectivity index is 1.99. The Hall–Kier alpha value is -1.62. The summed E-state index contributed by atoms with van der Waals surface area (Å²) in [7, 11) is 0. The molecule has 0 radical (unpaired) electrons. The Morgan fingerprint density at radius 3 is 2.73 bits per heavy atom. The van der Waals surface area contributed by atoms with Crippen molar-refractivity contribution in [2.24, 2.45) is 0 Å². The van der Waals surface area contributed by atoms with Gasteiger partial charge in [-0.15, -0.1) is 0 Å². The summed E-state index contributed by atoms with van der Waals surface area (Å²) < 4.78 is 5.03. The minimum atomic E-state index is -0.309. The molecule has 0 atom stereocenters. The lowest BCUT2D eigenvalue weighted by molar-refractivity contribution is 0.0526. The first-order valence-electron chi connectivity index (χ1n) is 7.95. The highest BCUT2D eigenvalue weighted by molar-refractivity contribution is 7.80. The number of rotatable bonds is 4. The summed E-state index contributed by atoms with van der Waals surface area (Å²) in [5.41, 5.74) is 2.43. The molecule has 0 aromatic heterocycles. The molecular formula is C17H24N2O2S. The Kier molecular flexibility index (Phi) is 6.19. The summed E-state index contributed by atoms with van der Waals surface area (Å²) in [5, 5.41) is 7.20. The van der Waals surface area contributed by atoms with Crippen LogP contribution in [0.25, 0.3) is 0 Å².